The van der Waals surface area contributed by atoms with Gasteiger partial charge in [0, 0.05) is 6.20 Å². The second-order valence-corrected chi connectivity index (χ2v) is 20.3. The molecule has 0 aliphatic heterocycles. The Morgan fingerprint density at radius 3 is 1.21 bits per heavy atom. The first kappa shape index (κ1) is 60.6. The van der Waals surface area contributed by atoms with Crippen LogP contribution in [-0.2, 0) is 13.0 Å². The summed E-state index contributed by atoms with van der Waals surface area (Å²) in [6, 6.07) is 11.0. The topological polar surface area (TPSA) is 105 Å². The molecule has 0 aliphatic rings. The Bertz CT molecular complexity index is 1610. The van der Waals surface area contributed by atoms with E-state index in [1.165, 1.54) is 199 Å². The minimum absolute atomic E-state index is 0.279. The number of hydrogen-bond donors (Lipinski definition) is 1. The molecule has 9 heteroatoms. The van der Waals surface area contributed by atoms with Crippen LogP contribution in [0.2, 0.25) is 0 Å². The molecule has 1 aromatic heterocycles. The maximum absolute atomic E-state index is 11.1. The molecule has 3 rings (SSSR count). The summed E-state index contributed by atoms with van der Waals surface area (Å²) >= 11 is 0. The number of hydrogen-bond acceptors (Lipinski definition) is 7. The molecule has 0 atom stereocenters. The van der Waals surface area contributed by atoms with Gasteiger partial charge in [-0.2, -0.15) is 0 Å². The van der Waals surface area contributed by atoms with Crippen molar-refractivity contribution < 1.29 is 28.8 Å². The molecule has 0 bridgehead atoms. The maximum Gasteiger partial charge on any atom is 0.335 e. The van der Waals surface area contributed by atoms with Crippen molar-refractivity contribution in [3.63, 3.8) is 0 Å². The number of rotatable bonds is 50. The molecule has 0 fully saturated rings. The van der Waals surface area contributed by atoms with Gasteiger partial charge in [-0.05, 0) is 80.5 Å². The smallest absolute Gasteiger partial charge is 0.335 e. The van der Waals surface area contributed by atoms with Crippen LogP contribution in [0, 0.1) is 0 Å². The Labute approximate surface area is 428 Å². The Kier molecular flexibility index (Phi) is 37.1. The van der Waals surface area contributed by atoms with E-state index in [2.05, 4.69) is 49.4 Å². The highest BCUT2D eigenvalue weighted by Gasteiger charge is 2.17. The molecule has 0 aliphatic carbocycles. The van der Waals surface area contributed by atoms with E-state index < -0.39 is 5.97 Å². The molecule has 1 N–H and O–H groups in total. The van der Waals surface area contributed by atoms with Gasteiger partial charge in [-0.25, -0.2) is 9.48 Å². The first-order chi connectivity index (χ1) is 34.5. The Morgan fingerprint density at radius 1 is 0.457 bits per heavy atom. The quantitative estimate of drug-likeness (QED) is 0.0558. The molecule has 0 saturated heterocycles. The van der Waals surface area contributed by atoms with E-state index in [1.54, 1.807) is 24.3 Å². The van der Waals surface area contributed by atoms with Gasteiger partial charge in [0.05, 0.1) is 44.2 Å². The molecule has 0 amide bonds. The second kappa shape index (κ2) is 42.9. The van der Waals surface area contributed by atoms with Crippen molar-refractivity contribution in [3.8, 4) is 23.0 Å². The number of carboxylic acid groups (broad SMARTS) is 1. The molecule has 3 aromatic rings. The van der Waals surface area contributed by atoms with Crippen LogP contribution in [0.25, 0.3) is 0 Å². The van der Waals surface area contributed by atoms with Crippen molar-refractivity contribution in [2.75, 3.05) is 26.4 Å². The molecular formula is C61H103N3O6. The van der Waals surface area contributed by atoms with Gasteiger partial charge >= 0.3 is 5.97 Å². The number of unbranched alkanes of at least 4 members (excludes halogenated alkanes) is 33. The lowest BCUT2D eigenvalue weighted by molar-refractivity contribution is 0.0696. The van der Waals surface area contributed by atoms with Gasteiger partial charge in [0.2, 0.25) is 5.75 Å². The fourth-order valence-electron chi connectivity index (χ4n) is 9.28. The Morgan fingerprint density at radius 2 is 0.814 bits per heavy atom. The van der Waals surface area contributed by atoms with Gasteiger partial charge in [0.25, 0.3) is 0 Å². The van der Waals surface area contributed by atoms with E-state index >= 15 is 0 Å². The van der Waals surface area contributed by atoms with Crippen LogP contribution in [-0.4, -0.2) is 52.5 Å². The number of carboxylic acids is 1. The van der Waals surface area contributed by atoms with Crippen molar-refractivity contribution >= 4 is 5.97 Å². The maximum atomic E-state index is 11.1. The predicted octanol–water partition coefficient (Wildman–Crippen LogP) is 18.3. The highest BCUT2D eigenvalue weighted by atomic mass is 16.5. The number of carbonyl (C=O) groups is 1. The van der Waals surface area contributed by atoms with Crippen LogP contribution in [0.5, 0.6) is 23.0 Å². The van der Waals surface area contributed by atoms with Gasteiger partial charge < -0.3 is 24.1 Å². The summed E-state index contributed by atoms with van der Waals surface area (Å²) in [6.45, 7) is 10.2. The molecule has 70 heavy (non-hydrogen) atoms. The van der Waals surface area contributed by atoms with E-state index in [1.807, 2.05) is 4.68 Å². The van der Waals surface area contributed by atoms with Gasteiger partial charge in [-0.1, -0.05) is 231 Å². The highest BCUT2D eigenvalue weighted by molar-refractivity contribution is 5.87. The van der Waals surface area contributed by atoms with E-state index in [0.29, 0.717) is 33.0 Å². The molecule has 9 nitrogen and oxygen atoms in total. The van der Waals surface area contributed by atoms with Crippen molar-refractivity contribution in [1.82, 2.24) is 15.0 Å². The summed E-state index contributed by atoms with van der Waals surface area (Å²) < 4.78 is 27.7. The van der Waals surface area contributed by atoms with Gasteiger partial charge in [-0.3, -0.25) is 0 Å². The van der Waals surface area contributed by atoms with Crippen LogP contribution in [0.3, 0.4) is 0 Å². The summed E-state index contributed by atoms with van der Waals surface area (Å²) in [4.78, 5) is 11.1. The number of nitrogens with zero attached hydrogens (tertiary/aromatic N) is 3. The number of ether oxygens (including phenoxy) is 4. The summed E-state index contributed by atoms with van der Waals surface area (Å²) in [5, 5.41) is 18.2. The summed E-state index contributed by atoms with van der Waals surface area (Å²) in [5.74, 6) is 2.19. The minimum Gasteiger partial charge on any atom is -0.494 e. The zero-order valence-corrected chi connectivity index (χ0v) is 45.3. The summed E-state index contributed by atoms with van der Waals surface area (Å²) in [7, 11) is 0. The van der Waals surface area contributed by atoms with Crippen LogP contribution in [0.15, 0.2) is 42.6 Å². The van der Waals surface area contributed by atoms with Gasteiger partial charge in [-0.15, -0.1) is 5.10 Å². The molecule has 2 aromatic carbocycles. The lowest BCUT2D eigenvalue weighted by atomic mass is 10.1. The van der Waals surface area contributed by atoms with Crippen LogP contribution >= 0.6 is 0 Å². The number of aromatic nitrogens is 3. The first-order valence-electron chi connectivity index (χ1n) is 29.4. The third kappa shape index (κ3) is 30.9. The van der Waals surface area contributed by atoms with E-state index in [-0.39, 0.29) is 5.56 Å². The molecular weight excluding hydrogens is 871 g/mol. The first-order valence-corrected chi connectivity index (χ1v) is 29.4. The van der Waals surface area contributed by atoms with Crippen LogP contribution in [0.4, 0.5) is 0 Å². The van der Waals surface area contributed by atoms with Crippen LogP contribution < -0.4 is 18.9 Å². The molecule has 1 heterocycles. The third-order valence-corrected chi connectivity index (χ3v) is 13.7. The van der Waals surface area contributed by atoms with Crippen molar-refractivity contribution in [1.29, 1.82) is 0 Å². The Hall–Kier alpha value is -3.75. The van der Waals surface area contributed by atoms with E-state index in [0.717, 1.165) is 79.2 Å². The van der Waals surface area contributed by atoms with Gasteiger partial charge in [0.15, 0.2) is 11.5 Å². The largest absolute Gasteiger partial charge is 0.494 e. The monoisotopic (exact) mass is 974 g/mol. The molecule has 0 saturated carbocycles. The van der Waals surface area contributed by atoms with E-state index in [9.17, 15) is 4.79 Å². The summed E-state index contributed by atoms with van der Waals surface area (Å²) in [5.41, 5.74) is 2.42. The zero-order chi connectivity index (χ0) is 49.8. The van der Waals surface area contributed by atoms with Crippen molar-refractivity contribution in [2.45, 2.75) is 271 Å². The van der Waals surface area contributed by atoms with E-state index in [4.69, 9.17) is 24.1 Å². The Balaban J connectivity index is 1.54. The fraction of sp³-hybridized carbons (Fsp3) is 0.754. The molecule has 0 spiro atoms. The number of aromatic carboxylic acids is 1. The van der Waals surface area contributed by atoms with Crippen molar-refractivity contribution in [2.24, 2.45) is 0 Å². The van der Waals surface area contributed by atoms with Gasteiger partial charge in [0.1, 0.15) is 5.75 Å². The second-order valence-electron chi connectivity index (χ2n) is 20.3. The molecule has 0 unspecified atom stereocenters. The fourth-order valence-corrected chi connectivity index (χ4v) is 9.28. The third-order valence-electron chi connectivity index (χ3n) is 13.7. The SMILES string of the molecule is CCCCCCCCCCCCOc1cc(Cn2cc(CCCCCCCCCOc3ccc(C(=O)O)cc3)nn2)cc(OCCCCCCCCCCCC)c1OCCCCCCCCCCCC. The summed E-state index contributed by atoms with van der Waals surface area (Å²) in [6.07, 6.45) is 50.1. The minimum atomic E-state index is -0.918. The average Bonchev–Trinajstić information content (AvgIpc) is 3.81. The molecule has 0 radical (unpaired) electrons. The predicted molar refractivity (Wildman–Crippen MR) is 293 cm³/mol. The highest BCUT2D eigenvalue weighted by Crippen LogP contribution is 2.40. The normalized spacial score (nSPS) is 11.4. The number of benzene rings is 2. The number of aryl methyl sites for hydroxylation is 1. The van der Waals surface area contributed by atoms with Crippen LogP contribution in [0.1, 0.15) is 280 Å². The van der Waals surface area contributed by atoms with Crippen molar-refractivity contribution in [3.05, 3.63) is 59.4 Å². The molecule has 398 valence electrons. The zero-order valence-electron chi connectivity index (χ0n) is 45.3. The average molecular weight is 975 g/mol. The standard InChI is InChI=1S/C61H103N3O6/c1-4-7-10-13-16-19-22-27-33-38-47-68-58-50-54(52-64-53-56(62-63-64)41-36-31-26-25-30-32-37-46-67-57-44-42-55(43-45-57)61(65)66)51-59(69-48-39-34-28-23-20-17-14-11-8-5-2)60(58)70-49-40-35-29-24-21-18-15-12-9-6-3/h42-45,50-51,53H,4-41,46-49,52H2,1-3H3,(H,65,66). The lowest BCUT2D eigenvalue weighted by Gasteiger charge is -2.19. The lowest BCUT2D eigenvalue weighted by Crippen LogP contribution is -2.08.